The molecule has 1 aliphatic rings. The van der Waals surface area contributed by atoms with E-state index in [0.717, 1.165) is 0 Å². The topological polar surface area (TPSA) is 168 Å². The van der Waals surface area contributed by atoms with Gasteiger partial charge in [-0.25, -0.2) is 13.6 Å². The summed E-state index contributed by atoms with van der Waals surface area (Å²) in [6.45, 7) is 6.89. The minimum atomic E-state index is -2.62. The minimum Gasteiger partial charge on any atom is -0.506 e. The molecule has 6 N–H and O–H groups in total. The van der Waals surface area contributed by atoms with Crippen molar-refractivity contribution >= 4 is 29.6 Å². The van der Waals surface area contributed by atoms with Crippen LogP contribution in [0.4, 0.5) is 25.0 Å². The number of primary amides is 1. The Hall–Kier alpha value is -3.85. The number of nitrogens with zero attached hydrogens (tertiary/aromatic N) is 2. The quantitative estimate of drug-likeness (QED) is 0.108. The molecule has 0 unspecified atom stereocenters. The van der Waals surface area contributed by atoms with Crippen LogP contribution in [0.1, 0.15) is 39.7 Å². The molecule has 1 aromatic carbocycles. The van der Waals surface area contributed by atoms with Gasteiger partial charge >= 0.3 is 6.09 Å². The average Bonchev–Trinajstić information content (AvgIpc) is 3.00. The number of nitrogens with two attached hydrogens (primary N) is 1. The van der Waals surface area contributed by atoms with E-state index in [-0.39, 0.29) is 40.8 Å². The van der Waals surface area contributed by atoms with Gasteiger partial charge in [-0.05, 0) is 58.2 Å². The van der Waals surface area contributed by atoms with Crippen molar-refractivity contribution in [3.8, 4) is 11.5 Å². The third-order valence-corrected chi connectivity index (χ3v) is 8.02. The van der Waals surface area contributed by atoms with Crippen LogP contribution in [-0.4, -0.2) is 106 Å². The molecule has 1 heterocycles. The van der Waals surface area contributed by atoms with Crippen LogP contribution in [0.2, 0.25) is 0 Å². The van der Waals surface area contributed by atoms with E-state index in [1.54, 1.807) is 38.3 Å². The fourth-order valence-electron chi connectivity index (χ4n) is 5.60. The molecule has 6 atom stereocenters. The molecule has 0 spiro atoms. The lowest BCUT2D eigenvalue weighted by Crippen LogP contribution is -2.47. The van der Waals surface area contributed by atoms with Gasteiger partial charge in [-0.15, -0.1) is 0 Å². The molecular weight excluding hydrogens is 628 g/mol. The number of carbonyl (C=O) groups is 2. The first-order valence-electron chi connectivity index (χ1n) is 15.7. The van der Waals surface area contributed by atoms with E-state index in [1.165, 1.54) is 26.4 Å². The van der Waals surface area contributed by atoms with E-state index < -0.39 is 55.2 Å². The van der Waals surface area contributed by atoms with Crippen LogP contribution in [0.15, 0.2) is 46.5 Å². The number of aromatic hydroxyl groups is 2. The molecule has 14 heteroatoms. The van der Waals surface area contributed by atoms with Crippen molar-refractivity contribution < 1.29 is 42.8 Å². The lowest BCUT2D eigenvalue weighted by Gasteiger charge is -2.33. The first kappa shape index (κ1) is 40.3. The van der Waals surface area contributed by atoms with Crippen LogP contribution >= 0.6 is 0 Å². The molecule has 1 aliphatic heterocycles. The van der Waals surface area contributed by atoms with Crippen molar-refractivity contribution in [3.63, 3.8) is 0 Å². The number of hydrogen-bond donors (Lipinski definition) is 5. The number of carbonyl (C=O) groups excluding carboxylic acids is 2. The number of aliphatic imine (C=N–C) groups is 1. The van der Waals surface area contributed by atoms with Gasteiger partial charge in [0.1, 0.15) is 23.3 Å². The Morgan fingerprint density at radius 1 is 1.23 bits per heavy atom. The van der Waals surface area contributed by atoms with Gasteiger partial charge in [-0.2, -0.15) is 0 Å². The molecule has 2 rings (SSSR count). The number of halogens is 2. The molecule has 268 valence electrons. The highest BCUT2D eigenvalue weighted by molar-refractivity contribution is 6.04. The molecule has 0 radical (unpaired) electrons. The summed E-state index contributed by atoms with van der Waals surface area (Å²) in [5.74, 6) is -1.71. The molecule has 0 aromatic heterocycles. The number of fused-ring (bicyclic) bond motifs is 2. The molecule has 0 saturated carbocycles. The second-order valence-electron chi connectivity index (χ2n) is 12.4. The van der Waals surface area contributed by atoms with Crippen molar-refractivity contribution in [2.24, 2.45) is 22.6 Å². The van der Waals surface area contributed by atoms with Gasteiger partial charge < -0.3 is 45.7 Å². The summed E-state index contributed by atoms with van der Waals surface area (Å²) < 4.78 is 43.8. The molecular formula is C34H51F2N5O7. The number of phenolic OH excluding ortho intramolecular Hbond substituents is 2. The van der Waals surface area contributed by atoms with Gasteiger partial charge in [0.2, 0.25) is 0 Å². The number of allylic oxidation sites excluding steroid dienone is 2. The van der Waals surface area contributed by atoms with Crippen LogP contribution in [-0.2, 0) is 25.4 Å². The molecule has 0 aliphatic carbocycles. The monoisotopic (exact) mass is 679 g/mol. The summed E-state index contributed by atoms with van der Waals surface area (Å²) in [7, 11) is 6.62. The number of rotatable bonds is 9. The van der Waals surface area contributed by atoms with Crippen molar-refractivity contribution in [1.29, 1.82) is 0 Å². The van der Waals surface area contributed by atoms with Gasteiger partial charge in [-0.1, -0.05) is 38.2 Å². The number of benzene rings is 1. The summed E-state index contributed by atoms with van der Waals surface area (Å²) >= 11 is 0. The van der Waals surface area contributed by atoms with Gasteiger partial charge in [-0.3, -0.25) is 9.79 Å². The van der Waals surface area contributed by atoms with Crippen molar-refractivity contribution in [3.05, 3.63) is 47.1 Å². The molecule has 2 amide bonds. The second kappa shape index (κ2) is 19.2. The van der Waals surface area contributed by atoms with E-state index in [9.17, 15) is 28.6 Å². The van der Waals surface area contributed by atoms with E-state index in [1.807, 2.05) is 32.8 Å². The highest BCUT2D eigenvalue weighted by Gasteiger charge is 2.31. The molecule has 48 heavy (non-hydrogen) atoms. The number of methoxy groups -OCH3 is 2. The summed E-state index contributed by atoms with van der Waals surface area (Å²) in [6, 6.07) is 0.616. The maximum atomic E-state index is 13.5. The standard InChI is InChI=1S/C34H51F2N5O7/c1-19-14-23-30(38-12-13-41(5)6)25(42)17-24(31(23)43)40-33(44)20(2)10-9-11-26(46-7)32(48-34(37)45)22(4)16-21(3)29(27(15-19)47-8)39-18-28(35)36/h9-12,16-17,19,21,26-29,32,39,42-43H,13-15,18H2,1-8H3,(H2,37,45)(H,40,44)/b11-9-,20-10+,22-16+,38-12?/t19-,21+,26+,27+,29-,32+/m1/s1. The van der Waals surface area contributed by atoms with Crippen LogP contribution in [0.25, 0.3) is 0 Å². The molecule has 0 fully saturated rings. The third-order valence-electron chi connectivity index (χ3n) is 8.02. The van der Waals surface area contributed by atoms with E-state index in [4.69, 9.17) is 19.9 Å². The van der Waals surface area contributed by atoms with Gasteiger partial charge in [0.15, 0.2) is 6.10 Å². The van der Waals surface area contributed by atoms with Crippen LogP contribution in [0, 0.1) is 11.8 Å². The number of ether oxygens (including phenoxy) is 3. The van der Waals surface area contributed by atoms with Gasteiger partial charge in [0.05, 0.1) is 18.3 Å². The van der Waals surface area contributed by atoms with Crippen LogP contribution in [0.5, 0.6) is 11.5 Å². The van der Waals surface area contributed by atoms with Crippen molar-refractivity contribution in [2.75, 3.05) is 46.7 Å². The predicted molar refractivity (Wildman–Crippen MR) is 182 cm³/mol. The largest absolute Gasteiger partial charge is 0.506 e. The maximum Gasteiger partial charge on any atom is 0.405 e. The lowest BCUT2D eigenvalue weighted by atomic mass is 9.86. The van der Waals surface area contributed by atoms with Gasteiger partial charge in [0.25, 0.3) is 12.3 Å². The predicted octanol–water partition coefficient (Wildman–Crippen LogP) is 4.68. The SMILES string of the molecule is CO[C@H]1/C=C\C=C(/C)C(=O)Nc2cc(O)c(N=CCN(C)C)c(c2O)C[C@@H](C)C[C@H](OC)[C@H](NCC(F)F)[C@@H](C)/C=C(\C)[C@@H]1OC(N)=O. The number of nitrogens with one attached hydrogen (secondary N) is 2. The summed E-state index contributed by atoms with van der Waals surface area (Å²) in [6.07, 6.45) is 2.51. The van der Waals surface area contributed by atoms with Crippen molar-refractivity contribution in [1.82, 2.24) is 10.2 Å². The fraction of sp³-hybridized carbons (Fsp3) is 0.559. The van der Waals surface area contributed by atoms with E-state index >= 15 is 0 Å². The number of hydrogen-bond acceptors (Lipinski definition) is 10. The number of alkyl halides is 2. The second-order valence-corrected chi connectivity index (χ2v) is 12.4. The molecule has 12 nitrogen and oxygen atoms in total. The average molecular weight is 680 g/mol. The Kier molecular flexibility index (Phi) is 16.1. The van der Waals surface area contributed by atoms with E-state index in [2.05, 4.69) is 15.6 Å². The Labute approximate surface area is 281 Å². The zero-order chi connectivity index (χ0) is 36.1. The zero-order valence-electron chi connectivity index (χ0n) is 29.0. The first-order chi connectivity index (χ1) is 22.6. The van der Waals surface area contributed by atoms with Crippen LogP contribution in [0.3, 0.4) is 0 Å². The van der Waals surface area contributed by atoms with Gasteiger partial charge in [0, 0.05) is 50.2 Å². The number of amides is 2. The Balaban J connectivity index is 2.77. The molecule has 0 saturated heterocycles. The molecule has 2 bridgehead atoms. The first-order valence-corrected chi connectivity index (χ1v) is 15.7. The summed E-state index contributed by atoms with van der Waals surface area (Å²) in [5.41, 5.74) is 6.64. The maximum absolute atomic E-state index is 13.5. The summed E-state index contributed by atoms with van der Waals surface area (Å²) in [5, 5.41) is 28.1. The number of anilines is 1. The van der Waals surface area contributed by atoms with E-state index in [0.29, 0.717) is 24.1 Å². The highest BCUT2D eigenvalue weighted by atomic mass is 19.3. The summed E-state index contributed by atoms with van der Waals surface area (Å²) in [4.78, 5) is 31.4. The highest BCUT2D eigenvalue weighted by Crippen LogP contribution is 2.44. The third kappa shape index (κ3) is 12.0. The smallest absolute Gasteiger partial charge is 0.405 e. The zero-order valence-corrected chi connectivity index (χ0v) is 29.0. The minimum absolute atomic E-state index is 0.0150. The number of phenols is 2. The Morgan fingerprint density at radius 3 is 2.50 bits per heavy atom. The fourth-order valence-corrected chi connectivity index (χ4v) is 5.60. The normalized spacial score (nSPS) is 27.7. The van der Waals surface area contributed by atoms with Crippen molar-refractivity contribution in [2.45, 2.75) is 71.3 Å². The Bertz CT molecular complexity index is 1370. The lowest BCUT2D eigenvalue weighted by molar-refractivity contribution is -0.112. The molecule has 1 aromatic rings. The Morgan fingerprint density at radius 2 is 1.92 bits per heavy atom. The van der Waals surface area contributed by atoms with Crippen LogP contribution < -0.4 is 16.4 Å².